The summed E-state index contributed by atoms with van der Waals surface area (Å²) >= 11 is 3.20. The molecular weight excluding hydrogens is 266 g/mol. The largest absolute Gasteiger partial charge is 0.497 e. The Balaban J connectivity index is 2.90. The summed E-state index contributed by atoms with van der Waals surface area (Å²) in [7, 11) is 1.48. The lowest BCUT2D eigenvalue weighted by atomic mass is 10.3. The van der Waals surface area contributed by atoms with E-state index in [4.69, 9.17) is 9.84 Å². The highest BCUT2D eigenvalue weighted by molar-refractivity contribution is 9.10. The van der Waals surface area contributed by atoms with E-state index in [-0.39, 0.29) is 0 Å². The predicted molar refractivity (Wildman–Crippen MR) is 57.0 cm³/mol. The molecule has 0 saturated carbocycles. The minimum absolute atomic E-state index is 0.355. The lowest BCUT2D eigenvalue weighted by molar-refractivity contribution is -0.147. The topological polar surface area (TPSA) is 75.6 Å². The van der Waals surface area contributed by atoms with Gasteiger partial charge in [0.25, 0.3) is 0 Å². The van der Waals surface area contributed by atoms with Gasteiger partial charge in [0.2, 0.25) is 0 Å². The predicted octanol–water partition coefficient (Wildman–Crippen LogP) is 1.48. The molecular formula is C9H8BrNO4. The third kappa shape index (κ3) is 3.25. The summed E-state index contributed by atoms with van der Waals surface area (Å²) in [6, 6.07) is 4.78. The molecule has 0 aliphatic heterocycles. The van der Waals surface area contributed by atoms with E-state index in [0.29, 0.717) is 15.9 Å². The van der Waals surface area contributed by atoms with Crippen LogP contribution in [-0.2, 0) is 9.59 Å². The maximum Gasteiger partial charge on any atom is 0.394 e. The Morgan fingerprint density at radius 2 is 2.07 bits per heavy atom. The van der Waals surface area contributed by atoms with Crippen molar-refractivity contribution in [2.24, 2.45) is 0 Å². The minimum Gasteiger partial charge on any atom is -0.497 e. The van der Waals surface area contributed by atoms with Crippen molar-refractivity contribution in [1.29, 1.82) is 0 Å². The molecule has 0 spiro atoms. The zero-order valence-corrected chi connectivity index (χ0v) is 9.37. The first-order valence-corrected chi connectivity index (χ1v) is 4.71. The Hall–Kier alpha value is -1.56. The van der Waals surface area contributed by atoms with E-state index in [0.717, 1.165) is 0 Å². The number of benzene rings is 1. The second-order valence-electron chi connectivity index (χ2n) is 2.64. The Labute approximate surface area is 94.2 Å². The summed E-state index contributed by atoms with van der Waals surface area (Å²) in [5, 5.41) is 10.6. The second kappa shape index (κ2) is 4.79. The normalized spacial score (nSPS) is 9.47. The van der Waals surface area contributed by atoms with E-state index in [1.54, 1.807) is 12.1 Å². The van der Waals surface area contributed by atoms with Crippen molar-refractivity contribution in [2.45, 2.75) is 0 Å². The molecule has 0 fully saturated rings. The van der Waals surface area contributed by atoms with E-state index >= 15 is 0 Å². The number of methoxy groups -OCH3 is 1. The first-order chi connectivity index (χ1) is 7.02. The lowest BCUT2D eigenvalue weighted by Gasteiger charge is -2.05. The fourth-order valence-corrected chi connectivity index (χ4v) is 1.41. The van der Waals surface area contributed by atoms with Gasteiger partial charge in [-0.25, -0.2) is 4.79 Å². The van der Waals surface area contributed by atoms with Crippen molar-refractivity contribution in [3.8, 4) is 5.75 Å². The molecule has 1 aromatic carbocycles. The molecule has 1 amide bonds. The van der Waals surface area contributed by atoms with Gasteiger partial charge in [-0.05, 0) is 12.1 Å². The molecule has 0 radical (unpaired) electrons. The monoisotopic (exact) mass is 273 g/mol. The SMILES string of the molecule is COc1cc(Br)cc(NC(=O)C(=O)O)c1. The van der Waals surface area contributed by atoms with Gasteiger partial charge in [-0.2, -0.15) is 0 Å². The maximum absolute atomic E-state index is 10.9. The third-order valence-corrected chi connectivity index (χ3v) is 2.02. The highest BCUT2D eigenvalue weighted by Gasteiger charge is 2.11. The number of hydrogen-bond donors (Lipinski definition) is 2. The van der Waals surface area contributed by atoms with Crippen LogP contribution in [0.5, 0.6) is 5.75 Å². The van der Waals surface area contributed by atoms with E-state index in [1.165, 1.54) is 13.2 Å². The molecule has 0 aromatic heterocycles. The number of aliphatic carboxylic acids is 1. The van der Waals surface area contributed by atoms with Gasteiger partial charge in [-0.3, -0.25) is 4.79 Å². The number of carbonyl (C=O) groups excluding carboxylic acids is 1. The summed E-state index contributed by atoms with van der Waals surface area (Å²) in [5.74, 6) is -2.10. The van der Waals surface area contributed by atoms with Crippen LogP contribution in [0.25, 0.3) is 0 Å². The standard InChI is InChI=1S/C9H8BrNO4/c1-15-7-3-5(10)2-6(4-7)11-8(12)9(13)14/h2-4H,1H3,(H,11,12)(H,13,14). The van der Waals surface area contributed by atoms with E-state index < -0.39 is 11.9 Å². The maximum atomic E-state index is 10.9. The molecule has 0 bridgehead atoms. The van der Waals surface area contributed by atoms with Crippen LogP contribution in [0.2, 0.25) is 0 Å². The molecule has 1 rings (SSSR count). The summed E-state index contributed by atoms with van der Waals surface area (Å²) in [4.78, 5) is 21.1. The van der Waals surface area contributed by atoms with Gasteiger partial charge in [0.1, 0.15) is 5.75 Å². The number of carboxylic acids is 1. The average molecular weight is 274 g/mol. The van der Waals surface area contributed by atoms with Crippen LogP contribution < -0.4 is 10.1 Å². The molecule has 0 atom stereocenters. The van der Waals surface area contributed by atoms with Crippen LogP contribution in [0.4, 0.5) is 5.69 Å². The average Bonchev–Trinajstić information content (AvgIpc) is 2.16. The second-order valence-corrected chi connectivity index (χ2v) is 3.55. The minimum atomic E-state index is -1.53. The van der Waals surface area contributed by atoms with Crippen molar-refractivity contribution in [3.63, 3.8) is 0 Å². The van der Waals surface area contributed by atoms with Gasteiger partial charge in [0, 0.05) is 16.2 Å². The smallest absolute Gasteiger partial charge is 0.394 e. The summed E-state index contributed by atoms with van der Waals surface area (Å²) < 4.78 is 5.63. The Morgan fingerprint density at radius 3 is 2.60 bits per heavy atom. The van der Waals surface area contributed by atoms with Crippen molar-refractivity contribution < 1.29 is 19.4 Å². The Bertz CT molecular complexity index is 405. The van der Waals surface area contributed by atoms with Crippen LogP contribution in [0, 0.1) is 0 Å². The number of amides is 1. The van der Waals surface area contributed by atoms with Crippen molar-refractivity contribution in [1.82, 2.24) is 0 Å². The van der Waals surface area contributed by atoms with E-state index in [9.17, 15) is 9.59 Å². The molecule has 5 nitrogen and oxygen atoms in total. The molecule has 2 N–H and O–H groups in total. The highest BCUT2D eigenvalue weighted by Crippen LogP contribution is 2.24. The van der Waals surface area contributed by atoms with Crippen LogP contribution in [0.3, 0.4) is 0 Å². The Morgan fingerprint density at radius 1 is 1.40 bits per heavy atom. The van der Waals surface area contributed by atoms with Gasteiger partial charge in [-0.15, -0.1) is 0 Å². The van der Waals surface area contributed by atoms with Crippen LogP contribution >= 0.6 is 15.9 Å². The first-order valence-electron chi connectivity index (χ1n) is 3.92. The number of nitrogens with one attached hydrogen (secondary N) is 1. The summed E-state index contributed by atoms with van der Waals surface area (Å²) in [6.45, 7) is 0. The number of carboxylic acid groups (broad SMARTS) is 1. The molecule has 15 heavy (non-hydrogen) atoms. The van der Waals surface area contributed by atoms with Crippen molar-refractivity contribution >= 4 is 33.5 Å². The van der Waals surface area contributed by atoms with E-state index in [1.807, 2.05) is 0 Å². The van der Waals surface area contributed by atoms with Gasteiger partial charge in [0.05, 0.1) is 7.11 Å². The third-order valence-electron chi connectivity index (χ3n) is 1.56. The van der Waals surface area contributed by atoms with Crippen LogP contribution in [-0.4, -0.2) is 24.1 Å². The van der Waals surface area contributed by atoms with Crippen molar-refractivity contribution in [3.05, 3.63) is 22.7 Å². The van der Waals surface area contributed by atoms with Crippen LogP contribution in [0.1, 0.15) is 0 Å². The van der Waals surface area contributed by atoms with Gasteiger partial charge in [-0.1, -0.05) is 15.9 Å². The first kappa shape index (κ1) is 11.5. The highest BCUT2D eigenvalue weighted by atomic mass is 79.9. The van der Waals surface area contributed by atoms with Gasteiger partial charge >= 0.3 is 11.9 Å². The molecule has 0 aliphatic rings. The van der Waals surface area contributed by atoms with E-state index in [2.05, 4.69) is 21.2 Å². The number of anilines is 1. The zero-order valence-electron chi connectivity index (χ0n) is 7.78. The molecule has 1 aromatic rings. The number of halogens is 1. The van der Waals surface area contributed by atoms with Gasteiger partial charge in [0.15, 0.2) is 0 Å². The van der Waals surface area contributed by atoms with Crippen LogP contribution in [0.15, 0.2) is 22.7 Å². The quantitative estimate of drug-likeness (QED) is 0.801. The summed E-state index contributed by atoms with van der Waals surface area (Å²) in [5.41, 5.74) is 0.355. The number of rotatable bonds is 2. The fourth-order valence-electron chi connectivity index (χ4n) is 0.937. The summed E-state index contributed by atoms with van der Waals surface area (Å²) in [6.07, 6.45) is 0. The van der Waals surface area contributed by atoms with Gasteiger partial charge < -0.3 is 15.2 Å². The number of carbonyl (C=O) groups is 2. The molecule has 0 aliphatic carbocycles. The molecule has 0 unspecified atom stereocenters. The fraction of sp³-hybridized carbons (Fsp3) is 0.111. The molecule has 0 heterocycles. The number of hydrogen-bond acceptors (Lipinski definition) is 3. The molecule has 0 saturated heterocycles. The zero-order chi connectivity index (χ0) is 11.4. The Kier molecular flexibility index (Phi) is 3.68. The lowest BCUT2D eigenvalue weighted by Crippen LogP contribution is -2.21. The number of ether oxygens (including phenoxy) is 1. The van der Waals surface area contributed by atoms with Crippen molar-refractivity contribution in [2.75, 3.05) is 12.4 Å². The molecule has 80 valence electrons. The molecule has 6 heteroatoms.